The number of benzene rings is 6. The van der Waals surface area contributed by atoms with E-state index in [1.165, 1.54) is 22.3 Å². The molecule has 240 valence electrons. The Labute approximate surface area is 291 Å². The molecule has 0 saturated heterocycles. The van der Waals surface area contributed by atoms with Gasteiger partial charge in [-0.05, 0) is 114 Å². The summed E-state index contributed by atoms with van der Waals surface area (Å²) in [6, 6.07) is 42.3. The van der Waals surface area contributed by atoms with Crippen molar-refractivity contribution in [3.63, 3.8) is 0 Å². The minimum absolute atomic E-state index is 0.718. The first-order chi connectivity index (χ1) is 25.1. The van der Waals surface area contributed by atoms with Crippen LogP contribution in [0, 0.1) is 13.8 Å². The summed E-state index contributed by atoms with van der Waals surface area (Å²) in [5.41, 5.74) is 12.6. The normalized spacial score (nSPS) is 12.1. The minimum Gasteiger partial charge on any atom is -0.457 e. The smallest absolute Gasteiger partial charge is 0.150 e. The third-order valence-electron chi connectivity index (χ3n) is 10.3. The van der Waals surface area contributed by atoms with Crippen molar-refractivity contribution in [2.75, 3.05) is 0 Å². The molecule has 0 amide bonds. The molecule has 5 heterocycles. The molecule has 11 aromatic rings. The van der Waals surface area contributed by atoms with Crippen molar-refractivity contribution in [3.05, 3.63) is 145 Å². The number of hydrogen-bond donors (Lipinski definition) is 0. The summed E-state index contributed by atoms with van der Waals surface area (Å²) in [6.07, 6.45) is 3.46. The average molecular weight is 657 g/mol. The zero-order valence-corrected chi connectivity index (χ0v) is 27.8. The second kappa shape index (κ2) is 10.3. The molecular formula is C44H28N6O. The number of aromatic nitrogens is 6. The van der Waals surface area contributed by atoms with Gasteiger partial charge >= 0.3 is 0 Å². The number of imidazole rings is 2. The van der Waals surface area contributed by atoms with E-state index in [-0.39, 0.29) is 0 Å². The number of ether oxygens (including phenoxy) is 1. The van der Waals surface area contributed by atoms with E-state index in [4.69, 9.17) is 14.7 Å². The van der Waals surface area contributed by atoms with E-state index in [0.29, 0.717) is 0 Å². The highest BCUT2D eigenvalue weighted by Crippen LogP contribution is 2.39. The summed E-state index contributed by atoms with van der Waals surface area (Å²) < 4.78 is 11.1. The highest BCUT2D eigenvalue weighted by molar-refractivity contribution is 6.15. The third-order valence-corrected chi connectivity index (χ3v) is 10.3. The van der Waals surface area contributed by atoms with Gasteiger partial charge in [0.25, 0.3) is 0 Å². The summed E-state index contributed by atoms with van der Waals surface area (Å²) in [7, 11) is 0. The Morgan fingerprint density at radius 2 is 1.10 bits per heavy atom. The lowest BCUT2D eigenvalue weighted by molar-refractivity contribution is 0.484. The van der Waals surface area contributed by atoms with E-state index < -0.39 is 0 Å². The molecule has 7 heteroatoms. The lowest BCUT2D eigenvalue weighted by Crippen LogP contribution is -1.96. The first-order valence-electron chi connectivity index (χ1n) is 17.0. The minimum atomic E-state index is 0.718. The maximum Gasteiger partial charge on any atom is 0.150 e. The Bertz CT molecular complexity index is 3250. The molecular weight excluding hydrogens is 629 g/mol. The summed E-state index contributed by atoms with van der Waals surface area (Å²) in [4.78, 5) is 19.2. The van der Waals surface area contributed by atoms with Crippen molar-refractivity contribution in [2.24, 2.45) is 0 Å². The van der Waals surface area contributed by atoms with Gasteiger partial charge in [-0.1, -0.05) is 54.6 Å². The second-order valence-corrected chi connectivity index (χ2v) is 13.3. The topological polar surface area (TPSA) is 69.6 Å². The van der Waals surface area contributed by atoms with Crippen LogP contribution in [0.3, 0.4) is 0 Å². The van der Waals surface area contributed by atoms with Gasteiger partial charge in [0.2, 0.25) is 0 Å². The number of fused-ring (bicyclic) bond motifs is 16. The van der Waals surface area contributed by atoms with Crippen LogP contribution in [0.4, 0.5) is 0 Å². The van der Waals surface area contributed by atoms with Gasteiger partial charge in [0.15, 0.2) is 0 Å². The summed E-state index contributed by atoms with van der Waals surface area (Å²) in [6.45, 7) is 4.37. The number of para-hydroxylation sites is 4. The fourth-order valence-corrected chi connectivity index (χ4v) is 8.08. The Balaban J connectivity index is 1.12. The van der Waals surface area contributed by atoms with E-state index in [9.17, 15) is 0 Å². The zero-order valence-electron chi connectivity index (χ0n) is 27.8. The Hall–Kier alpha value is -6.86. The van der Waals surface area contributed by atoms with Crippen LogP contribution in [-0.4, -0.2) is 28.7 Å². The number of hydrogen-bond acceptors (Lipinski definition) is 5. The monoisotopic (exact) mass is 656 g/mol. The van der Waals surface area contributed by atoms with Crippen LogP contribution in [0.15, 0.2) is 134 Å². The summed E-state index contributed by atoms with van der Waals surface area (Å²) >= 11 is 0. The van der Waals surface area contributed by atoms with Gasteiger partial charge in [0, 0.05) is 27.7 Å². The van der Waals surface area contributed by atoms with E-state index in [2.05, 4.69) is 124 Å². The van der Waals surface area contributed by atoms with Crippen LogP contribution in [0.1, 0.15) is 11.1 Å². The molecule has 7 nitrogen and oxygen atoms in total. The molecule has 0 unspecified atom stereocenters. The molecule has 51 heavy (non-hydrogen) atoms. The van der Waals surface area contributed by atoms with Gasteiger partial charge < -0.3 is 4.74 Å². The lowest BCUT2D eigenvalue weighted by Gasteiger charge is -2.15. The molecule has 6 aromatic carbocycles. The Morgan fingerprint density at radius 1 is 0.490 bits per heavy atom. The van der Waals surface area contributed by atoms with Gasteiger partial charge in [0.05, 0.1) is 27.6 Å². The number of aryl methyl sites for hydroxylation is 2. The van der Waals surface area contributed by atoms with Crippen molar-refractivity contribution in [1.29, 1.82) is 0 Å². The second-order valence-electron chi connectivity index (χ2n) is 13.3. The summed E-state index contributed by atoms with van der Waals surface area (Å²) in [5, 5.41) is 6.28. The van der Waals surface area contributed by atoms with Gasteiger partial charge in [0.1, 0.15) is 34.8 Å². The zero-order chi connectivity index (χ0) is 33.8. The van der Waals surface area contributed by atoms with E-state index in [1.807, 2.05) is 36.5 Å². The van der Waals surface area contributed by atoms with Crippen molar-refractivity contribution < 1.29 is 4.74 Å². The Kier molecular flexibility index (Phi) is 5.67. The molecule has 11 rings (SSSR count). The average Bonchev–Trinajstić information content (AvgIpc) is 3.75. The fourth-order valence-electron chi connectivity index (χ4n) is 8.08. The standard InChI is InChI=1S/C44H28N6O/c1-25-8-7-9-26(2)41(25)27-14-17-32-30-18-15-28(21-33(30)43-47-36-10-3-5-12-38(36)49(43)40(32)20-27)51-29-16-19-31-34(22-29)44-48-37-11-4-6-13-39(37)50(44)42-35(31)23-45-24-46-42/h3-24H,1-2H3. The quantitative estimate of drug-likeness (QED) is 0.177. The largest absolute Gasteiger partial charge is 0.457 e. The van der Waals surface area contributed by atoms with Crippen LogP contribution in [0.25, 0.3) is 88.0 Å². The van der Waals surface area contributed by atoms with Crippen LogP contribution < -0.4 is 4.74 Å². The van der Waals surface area contributed by atoms with E-state index in [1.54, 1.807) is 6.33 Å². The Morgan fingerprint density at radius 3 is 1.80 bits per heavy atom. The van der Waals surface area contributed by atoms with Crippen molar-refractivity contribution >= 4 is 76.8 Å². The highest BCUT2D eigenvalue weighted by atomic mass is 16.5. The molecule has 0 bridgehead atoms. The maximum absolute atomic E-state index is 6.66. The van der Waals surface area contributed by atoms with Gasteiger partial charge in [-0.2, -0.15) is 0 Å². The van der Waals surface area contributed by atoms with Crippen LogP contribution in [0.5, 0.6) is 11.5 Å². The number of pyridine rings is 2. The SMILES string of the molecule is Cc1cccc(C)c1-c1ccc2c3ccc(Oc4ccc5c6cncnc6n6c7ccccc7nc6c5c4)cc3c3nc4ccccc4n3c2c1. The van der Waals surface area contributed by atoms with Crippen LogP contribution >= 0.6 is 0 Å². The molecule has 0 atom stereocenters. The molecule has 0 radical (unpaired) electrons. The first-order valence-corrected chi connectivity index (χ1v) is 17.0. The van der Waals surface area contributed by atoms with Crippen molar-refractivity contribution in [2.45, 2.75) is 13.8 Å². The highest BCUT2D eigenvalue weighted by Gasteiger charge is 2.18. The number of rotatable bonds is 3. The van der Waals surface area contributed by atoms with Crippen LogP contribution in [-0.2, 0) is 0 Å². The molecule has 0 fully saturated rings. The molecule has 0 spiro atoms. The van der Waals surface area contributed by atoms with Crippen molar-refractivity contribution in [3.8, 4) is 22.6 Å². The molecule has 0 N–H and O–H groups in total. The van der Waals surface area contributed by atoms with E-state index >= 15 is 0 Å². The van der Waals surface area contributed by atoms with Crippen LogP contribution in [0.2, 0.25) is 0 Å². The van der Waals surface area contributed by atoms with Crippen molar-refractivity contribution in [1.82, 2.24) is 28.7 Å². The molecule has 0 saturated carbocycles. The first kappa shape index (κ1) is 28.0. The van der Waals surface area contributed by atoms with Gasteiger partial charge in [-0.25, -0.2) is 19.9 Å². The molecule has 5 aromatic heterocycles. The summed E-state index contributed by atoms with van der Waals surface area (Å²) in [5.74, 6) is 1.45. The fraction of sp³-hybridized carbons (Fsp3) is 0.0455. The third kappa shape index (κ3) is 4.00. The predicted octanol–water partition coefficient (Wildman–Crippen LogP) is 10.8. The van der Waals surface area contributed by atoms with Gasteiger partial charge in [-0.15, -0.1) is 0 Å². The molecule has 0 aliphatic heterocycles. The maximum atomic E-state index is 6.66. The lowest BCUT2D eigenvalue weighted by atomic mass is 9.94. The molecule has 0 aliphatic rings. The predicted molar refractivity (Wildman–Crippen MR) is 206 cm³/mol. The number of nitrogens with zero attached hydrogens (tertiary/aromatic N) is 6. The van der Waals surface area contributed by atoms with E-state index in [0.717, 1.165) is 88.3 Å². The van der Waals surface area contributed by atoms with Gasteiger partial charge in [-0.3, -0.25) is 8.80 Å². The molecule has 0 aliphatic carbocycles.